The van der Waals surface area contributed by atoms with Gasteiger partial charge in [0.05, 0.1) is 19.0 Å². The van der Waals surface area contributed by atoms with E-state index < -0.39 is 0 Å². The maximum absolute atomic E-state index is 5.35. The molecule has 162 valence electrons. The first-order valence-corrected chi connectivity index (χ1v) is 10.6. The van der Waals surface area contributed by atoms with E-state index in [0.717, 1.165) is 32.9 Å². The molecule has 4 aromatic rings. The molecule has 2 heterocycles. The SMILES string of the molecule is COc1ccccc1/C=N/Nc1nc(Nc2ccc(Br)cc2)nc(-n2nc(C)cc2C)n1. The minimum atomic E-state index is 0.272. The Balaban J connectivity index is 1.65. The zero-order chi connectivity index (χ0) is 22.5. The van der Waals surface area contributed by atoms with Crippen LogP contribution < -0.4 is 15.5 Å². The number of rotatable bonds is 7. The van der Waals surface area contributed by atoms with E-state index >= 15 is 0 Å². The van der Waals surface area contributed by atoms with Crippen LogP contribution in [0, 0.1) is 13.8 Å². The van der Waals surface area contributed by atoms with Crippen LogP contribution in [0.3, 0.4) is 0 Å². The normalized spacial score (nSPS) is 11.0. The lowest BCUT2D eigenvalue weighted by molar-refractivity contribution is 0.414. The van der Waals surface area contributed by atoms with E-state index in [1.54, 1.807) is 18.0 Å². The van der Waals surface area contributed by atoms with Crippen molar-refractivity contribution in [2.24, 2.45) is 5.10 Å². The summed E-state index contributed by atoms with van der Waals surface area (Å²) in [7, 11) is 1.62. The van der Waals surface area contributed by atoms with Crippen molar-refractivity contribution in [2.45, 2.75) is 13.8 Å². The van der Waals surface area contributed by atoms with Crippen LogP contribution in [0.15, 0.2) is 64.2 Å². The van der Waals surface area contributed by atoms with Gasteiger partial charge < -0.3 is 10.1 Å². The van der Waals surface area contributed by atoms with Gasteiger partial charge in [-0.05, 0) is 56.3 Å². The van der Waals surface area contributed by atoms with Crippen LogP contribution in [-0.2, 0) is 0 Å². The third kappa shape index (κ3) is 5.09. The van der Waals surface area contributed by atoms with Crippen LogP contribution in [0.4, 0.5) is 17.6 Å². The second-order valence-electron chi connectivity index (χ2n) is 6.87. The zero-order valence-electron chi connectivity index (χ0n) is 17.7. The number of ether oxygens (including phenoxy) is 1. The number of anilines is 3. The first kappa shape index (κ1) is 21.4. The molecule has 0 aliphatic rings. The van der Waals surface area contributed by atoms with E-state index in [-0.39, 0.29) is 5.95 Å². The lowest BCUT2D eigenvalue weighted by Gasteiger charge is -2.10. The molecule has 0 radical (unpaired) electrons. The molecule has 0 saturated carbocycles. The summed E-state index contributed by atoms with van der Waals surface area (Å²) >= 11 is 3.44. The van der Waals surface area contributed by atoms with Gasteiger partial charge in [0.1, 0.15) is 5.75 Å². The molecule has 0 aliphatic heterocycles. The van der Waals surface area contributed by atoms with Crippen molar-refractivity contribution in [2.75, 3.05) is 17.9 Å². The van der Waals surface area contributed by atoms with Gasteiger partial charge in [-0.2, -0.15) is 25.2 Å². The Morgan fingerprint density at radius 3 is 2.47 bits per heavy atom. The molecule has 2 N–H and O–H groups in total. The summed E-state index contributed by atoms with van der Waals surface area (Å²) in [4.78, 5) is 13.5. The van der Waals surface area contributed by atoms with Crippen LogP contribution in [0.25, 0.3) is 5.95 Å². The number of hydrogen-bond acceptors (Lipinski definition) is 8. The van der Waals surface area contributed by atoms with Gasteiger partial charge in [-0.3, -0.25) is 0 Å². The van der Waals surface area contributed by atoms with E-state index in [9.17, 15) is 0 Å². The van der Waals surface area contributed by atoms with Crippen molar-refractivity contribution in [1.29, 1.82) is 0 Å². The number of hydrazone groups is 1. The van der Waals surface area contributed by atoms with Crippen LogP contribution in [-0.4, -0.2) is 38.1 Å². The fraction of sp³-hybridized carbons (Fsp3) is 0.136. The maximum atomic E-state index is 5.35. The van der Waals surface area contributed by atoms with Crippen molar-refractivity contribution in [3.63, 3.8) is 0 Å². The van der Waals surface area contributed by atoms with Gasteiger partial charge in [0.2, 0.25) is 11.9 Å². The first-order chi connectivity index (χ1) is 15.5. The van der Waals surface area contributed by atoms with Crippen molar-refractivity contribution < 1.29 is 4.74 Å². The van der Waals surface area contributed by atoms with Crippen molar-refractivity contribution >= 4 is 39.7 Å². The zero-order valence-corrected chi connectivity index (χ0v) is 19.3. The van der Waals surface area contributed by atoms with Gasteiger partial charge in [0.25, 0.3) is 5.95 Å². The van der Waals surface area contributed by atoms with Gasteiger partial charge in [0, 0.05) is 21.4 Å². The standard InChI is InChI=1S/C22H21BrN8O/c1-14-12-15(2)31(30-14)22-27-20(25-18-10-8-17(23)9-11-18)26-21(28-22)29-24-13-16-6-4-5-7-19(16)32-3/h4-13H,1-3H3,(H2,25,26,27,28,29)/b24-13+. The van der Waals surface area contributed by atoms with E-state index in [1.165, 1.54) is 0 Å². The first-order valence-electron chi connectivity index (χ1n) is 9.76. The predicted molar refractivity (Wildman–Crippen MR) is 128 cm³/mol. The number of nitrogens with one attached hydrogen (secondary N) is 2. The molecule has 32 heavy (non-hydrogen) atoms. The molecule has 9 nitrogen and oxygen atoms in total. The second-order valence-corrected chi connectivity index (χ2v) is 7.78. The average molecular weight is 493 g/mol. The number of hydrogen-bond donors (Lipinski definition) is 2. The summed E-state index contributed by atoms with van der Waals surface area (Å²) in [6.07, 6.45) is 1.65. The lowest BCUT2D eigenvalue weighted by atomic mass is 10.2. The third-order valence-electron chi connectivity index (χ3n) is 4.43. The largest absolute Gasteiger partial charge is 0.496 e. The number of halogens is 1. The number of para-hydroxylation sites is 1. The molecule has 0 fully saturated rings. The smallest absolute Gasteiger partial charge is 0.257 e. The average Bonchev–Trinajstić information content (AvgIpc) is 3.13. The van der Waals surface area contributed by atoms with Crippen molar-refractivity contribution in [3.05, 3.63) is 76.0 Å². The topological polar surface area (TPSA) is 102 Å². The molecular weight excluding hydrogens is 472 g/mol. The summed E-state index contributed by atoms with van der Waals surface area (Å²) in [5.41, 5.74) is 6.32. The fourth-order valence-corrected chi connectivity index (χ4v) is 3.26. The number of benzene rings is 2. The van der Waals surface area contributed by atoms with E-state index in [0.29, 0.717) is 11.9 Å². The van der Waals surface area contributed by atoms with Gasteiger partial charge in [-0.15, -0.1) is 0 Å². The maximum Gasteiger partial charge on any atom is 0.257 e. The number of aryl methyl sites for hydroxylation is 2. The molecule has 0 aliphatic carbocycles. The summed E-state index contributed by atoms with van der Waals surface area (Å²) in [5.74, 6) is 1.73. The quantitative estimate of drug-likeness (QED) is 0.286. The minimum absolute atomic E-state index is 0.272. The highest BCUT2D eigenvalue weighted by atomic mass is 79.9. The summed E-state index contributed by atoms with van der Waals surface area (Å²) in [5, 5.41) is 11.9. The third-order valence-corrected chi connectivity index (χ3v) is 4.96. The van der Waals surface area contributed by atoms with Crippen LogP contribution in [0.2, 0.25) is 0 Å². The molecular formula is C22H21BrN8O. The van der Waals surface area contributed by atoms with Gasteiger partial charge in [-0.25, -0.2) is 10.1 Å². The second kappa shape index (κ2) is 9.56. The minimum Gasteiger partial charge on any atom is -0.496 e. The van der Waals surface area contributed by atoms with Crippen LogP contribution >= 0.6 is 15.9 Å². The molecule has 0 amide bonds. The van der Waals surface area contributed by atoms with Crippen molar-refractivity contribution in [3.8, 4) is 11.7 Å². The van der Waals surface area contributed by atoms with E-state index in [1.807, 2.05) is 68.4 Å². The van der Waals surface area contributed by atoms with Gasteiger partial charge in [0.15, 0.2) is 0 Å². The van der Waals surface area contributed by atoms with E-state index in [4.69, 9.17) is 4.74 Å². The van der Waals surface area contributed by atoms with Crippen LogP contribution in [0.5, 0.6) is 5.75 Å². The Labute approximate surface area is 193 Å². The summed E-state index contributed by atoms with van der Waals surface area (Å²) in [6, 6.07) is 17.2. The van der Waals surface area contributed by atoms with E-state index in [2.05, 4.69) is 51.8 Å². The van der Waals surface area contributed by atoms with Crippen molar-refractivity contribution in [1.82, 2.24) is 24.7 Å². The highest BCUT2D eigenvalue weighted by molar-refractivity contribution is 9.10. The molecule has 2 aromatic heterocycles. The predicted octanol–water partition coefficient (Wildman–Crippen LogP) is 4.63. The fourth-order valence-electron chi connectivity index (χ4n) is 2.99. The number of nitrogens with zero attached hydrogens (tertiary/aromatic N) is 6. The molecule has 0 saturated heterocycles. The molecule has 4 rings (SSSR count). The van der Waals surface area contributed by atoms with Gasteiger partial charge in [-0.1, -0.05) is 28.1 Å². The Morgan fingerprint density at radius 2 is 1.75 bits per heavy atom. The van der Waals surface area contributed by atoms with Crippen LogP contribution in [0.1, 0.15) is 17.0 Å². The van der Waals surface area contributed by atoms with Gasteiger partial charge >= 0.3 is 0 Å². The molecule has 0 unspecified atom stereocenters. The lowest BCUT2D eigenvalue weighted by Crippen LogP contribution is -2.11. The molecule has 2 aromatic carbocycles. The number of aromatic nitrogens is 5. The Kier molecular flexibility index (Phi) is 6.41. The molecule has 0 spiro atoms. The summed E-state index contributed by atoms with van der Waals surface area (Å²) in [6.45, 7) is 3.86. The molecule has 10 heteroatoms. The Morgan fingerprint density at radius 1 is 1.00 bits per heavy atom. The summed E-state index contributed by atoms with van der Waals surface area (Å²) < 4.78 is 8.00. The highest BCUT2D eigenvalue weighted by Gasteiger charge is 2.12. The number of methoxy groups -OCH3 is 1. The monoisotopic (exact) mass is 492 g/mol. The molecule has 0 atom stereocenters. The Hall–Kier alpha value is -3.79. The Bertz CT molecular complexity index is 1250. The highest BCUT2D eigenvalue weighted by Crippen LogP contribution is 2.19. The molecule has 0 bridgehead atoms.